The predicted molar refractivity (Wildman–Crippen MR) is 74.4 cm³/mol. The molecule has 0 amide bonds. The topological polar surface area (TPSA) is 66.0 Å². The van der Waals surface area contributed by atoms with Crippen LogP contribution in [0, 0.1) is 11.8 Å². The third-order valence-corrected chi connectivity index (χ3v) is 4.43. The number of hydrogen-bond acceptors (Lipinski definition) is 4. The predicted octanol–water partition coefficient (Wildman–Crippen LogP) is 1.88. The molecule has 2 rings (SSSR count). The zero-order chi connectivity index (χ0) is 13.9. The van der Waals surface area contributed by atoms with Crippen LogP contribution in [0.4, 0.5) is 0 Å². The lowest BCUT2D eigenvalue weighted by molar-refractivity contribution is -0.0851. The van der Waals surface area contributed by atoms with E-state index in [1.54, 1.807) is 4.68 Å². The molecule has 0 unspecified atom stereocenters. The van der Waals surface area contributed by atoms with Gasteiger partial charge in [-0.2, -0.15) is 0 Å². The van der Waals surface area contributed by atoms with Gasteiger partial charge in [0.25, 0.3) is 0 Å². The largest absolute Gasteiger partial charge is 0.367 e. The molecule has 0 bridgehead atoms. The highest BCUT2D eigenvalue weighted by molar-refractivity contribution is 4.93. The first-order valence-corrected chi connectivity index (χ1v) is 7.24. The third-order valence-electron chi connectivity index (χ3n) is 4.43. The Kier molecular flexibility index (Phi) is 4.58. The molecule has 0 atom stereocenters. The lowest BCUT2D eigenvalue weighted by atomic mass is 9.74. The summed E-state index contributed by atoms with van der Waals surface area (Å²) in [6.07, 6.45) is 6.45. The molecule has 1 aromatic rings. The average molecular weight is 266 g/mol. The van der Waals surface area contributed by atoms with Crippen molar-refractivity contribution in [2.24, 2.45) is 24.6 Å². The summed E-state index contributed by atoms with van der Waals surface area (Å²) in [7, 11) is 1.86. The lowest BCUT2D eigenvalue weighted by Crippen LogP contribution is -2.44. The molecule has 5 nitrogen and oxygen atoms in total. The number of hydrogen-bond donors (Lipinski definition) is 1. The highest BCUT2D eigenvalue weighted by Gasteiger charge is 2.36. The molecule has 1 saturated carbocycles. The van der Waals surface area contributed by atoms with Crippen molar-refractivity contribution in [3.8, 4) is 0 Å². The maximum absolute atomic E-state index is 6.11. The van der Waals surface area contributed by atoms with Crippen molar-refractivity contribution < 1.29 is 4.74 Å². The molecule has 19 heavy (non-hydrogen) atoms. The van der Waals surface area contributed by atoms with Crippen LogP contribution in [-0.2, 0) is 18.4 Å². The Labute approximate surface area is 115 Å². The average Bonchev–Trinajstić information content (AvgIpc) is 2.83. The second-order valence-electron chi connectivity index (χ2n) is 6.14. The van der Waals surface area contributed by atoms with Gasteiger partial charge in [-0.1, -0.05) is 19.1 Å². The zero-order valence-electron chi connectivity index (χ0n) is 12.3. The van der Waals surface area contributed by atoms with Gasteiger partial charge in [0, 0.05) is 13.6 Å². The Balaban J connectivity index is 1.89. The second kappa shape index (κ2) is 6.01. The fourth-order valence-corrected chi connectivity index (χ4v) is 2.93. The van der Waals surface area contributed by atoms with Crippen molar-refractivity contribution in [3.05, 3.63) is 11.9 Å². The molecular formula is C14H26N4O. The Bertz CT molecular complexity index is 394. The van der Waals surface area contributed by atoms with Gasteiger partial charge >= 0.3 is 0 Å². The first-order valence-electron chi connectivity index (χ1n) is 7.24. The van der Waals surface area contributed by atoms with Crippen LogP contribution < -0.4 is 5.73 Å². The van der Waals surface area contributed by atoms with E-state index in [0.29, 0.717) is 13.2 Å². The smallest absolute Gasteiger partial charge is 0.108 e. The van der Waals surface area contributed by atoms with Crippen LogP contribution >= 0.6 is 0 Å². The summed E-state index contributed by atoms with van der Waals surface area (Å²) in [6.45, 7) is 5.72. The van der Waals surface area contributed by atoms with Crippen LogP contribution in [0.2, 0.25) is 0 Å². The summed E-state index contributed by atoms with van der Waals surface area (Å²) in [5.74, 6) is 1.58. The maximum atomic E-state index is 6.11. The monoisotopic (exact) mass is 266 g/mol. The molecule has 2 N–H and O–H groups in total. The minimum atomic E-state index is -0.150. The van der Waals surface area contributed by atoms with E-state index in [9.17, 15) is 0 Å². The summed E-state index contributed by atoms with van der Waals surface area (Å²) in [4.78, 5) is 0. The third kappa shape index (κ3) is 3.54. The van der Waals surface area contributed by atoms with Gasteiger partial charge in [0.1, 0.15) is 5.69 Å². The maximum Gasteiger partial charge on any atom is 0.108 e. The van der Waals surface area contributed by atoms with E-state index >= 15 is 0 Å². The molecule has 0 aromatic carbocycles. The van der Waals surface area contributed by atoms with E-state index in [4.69, 9.17) is 10.5 Å². The molecule has 1 aromatic heterocycles. The SMILES string of the molecule is CC(C)C1CCC(CN)(OCc2cn(C)nn2)CC1. The Morgan fingerprint density at radius 2 is 2.16 bits per heavy atom. The molecule has 0 radical (unpaired) electrons. The normalized spacial score (nSPS) is 27.9. The molecule has 0 spiro atoms. The van der Waals surface area contributed by atoms with E-state index in [-0.39, 0.29) is 5.60 Å². The van der Waals surface area contributed by atoms with Crippen molar-refractivity contribution in [3.63, 3.8) is 0 Å². The summed E-state index contributed by atoms with van der Waals surface area (Å²) in [5.41, 5.74) is 6.69. The van der Waals surface area contributed by atoms with Gasteiger partial charge in [-0.15, -0.1) is 5.10 Å². The zero-order valence-corrected chi connectivity index (χ0v) is 12.3. The van der Waals surface area contributed by atoms with Crippen molar-refractivity contribution in [1.29, 1.82) is 0 Å². The van der Waals surface area contributed by atoms with Gasteiger partial charge in [-0.05, 0) is 37.5 Å². The molecule has 1 fully saturated rings. The van der Waals surface area contributed by atoms with E-state index in [2.05, 4.69) is 24.2 Å². The Morgan fingerprint density at radius 1 is 1.47 bits per heavy atom. The van der Waals surface area contributed by atoms with Crippen molar-refractivity contribution in [2.45, 2.75) is 51.7 Å². The summed E-state index contributed by atoms with van der Waals surface area (Å²) < 4.78 is 7.80. The van der Waals surface area contributed by atoms with Crippen LogP contribution in [0.25, 0.3) is 0 Å². The first-order chi connectivity index (χ1) is 9.04. The van der Waals surface area contributed by atoms with Gasteiger partial charge in [0.15, 0.2) is 0 Å². The summed E-state index contributed by atoms with van der Waals surface area (Å²) in [5, 5.41) is 7.98. The molecule has 1 aliphatic rings. The van der Waals surface area contributed by atoms with Gasteiger partial charge in [-0.3, -0.25) is 4.68 Å². The summed E-state index contributed by atoms with van der Waals surface area (Å²) >= 11 is 0. The minimum absolute atomic E-state index is 0.150. The van der Waals surface area contributed by atoms with E-state index < -0.39 is 0 Å². The molecule has 5 heteroatoms. The Morgan fingerprint density at radius 3 is 2.63 bits per heavy atom. The molecule has 0 aliphatic heterocycles. The minimum Gasteiger partial charge on any atom is -0.367 e. The highest BCUT2D eigenvalue weighted by Crippen LogP contribution is 2.37. The quantitative estimate of drug-likeness (QED) is 0.883. The van der Waals surface area contributed by atoms with Gasteiger partial charge in [0.05, 0.1) is 18.4 Å². The molecular weight excluding hydrogens is 240 g/mol. The molecule has 1 heterocycles. The van der Waals surface area contributed by atoms with Gasteiger partial charge in [-0.25, -0.2) is 0 Å². The van der Waals surface area contributed by atoms with Crippen LogP contribution in [-0.4, -0.2) is 27.1 Å². The number of nitrogens with zero attached hydrogens (tertiary/aromatic N) is 3. The van der Waals surface area contributed by atoms with E-state index in [1.165, 1.54) is 12.8 Å². The van der Waals surface area contributed by atoms with Crippen molar-refractivity contribution >= 4 is 0 Å². The highest BCUT2D eigenvalue weighted by atomic mass is 16.5. The van der Waals surface area contributed by atoms with Crippen molar-refractivity contribution in [2.75, 3.05) is 6.54 Å². The van der Waals surface area contributed by atoms with E-state index in [0.717, 1.165) is 30.4 Å². The fourth-order valence-electron chi connectivity index (χ4n) is 2.93. The number of ether oxygens (including phenoxy) is 1. The number of nitrogens with two attached hydrogens (primary N) is 1. The first kappa shape index (κ1) is 14.5. The molecule has 108 valence electrons. The molecule has 0 saturated heterocycles. The van der Waals surface area contributed by atoms with Crippen LogP contribution in [0.5, 0.6) is 0 Å². The number of aryl methyl sites for hydroxylation is 1. The van der Waals surface area contributed by atoms with Crippen molar-refractivity contribution in [1.82, 2.24) is 15.0 Å². The Hall–Kier alpha value is -0.940. The van der Waals surface area contributed by atoms with Gasteiger partial charge in [0.2, 0.25) is 0 Å². The summed E-state index contributed by atoms with van der Waals surface area (Å²) in [6, 6.07) is 0. The fraction of sp³-hybridized carbons (Fsp3) is 0.857. The van der Waals surface area contributed by atoms with Gasteiger partial charge < -0.3 is 10.5 Å². The van der Waals surface area contributed by atoms with Crippen LogP contribution in [0.3, 0.4) is 0 Å². The second-order valence-corrected chi connectivity index (χ2v) is 6.14. The van der Waals surface area contributed by atoms with Crippen LogP contribution in [0.15, 0.2) is 6.20 Å². The lowest BCUT2D eigenvalue weighted by Gasteiger charge is -2.40. The van der Waals surface area contributed by atoms with E-state index in [1.807, 2.05) is 13.2 Å². The van der Waals surface area contributed by atoms with Crippen LogP contribution in [0.1, 0.15) is 45.2 Å². The molecule has 1 aliphatic carbocycles. The number of rotatable bonds is 5. The number of aromatic nitrogens is 3. The standard InChI is InChI=1S/C14H26N4O/c1-11(2)12-4-6-14(10-15,7-5-12)19-9-13-8-18(3)17-16-13/h8,11-12H,4-7,9-10,15H2,1-3H3.